The molecule has 0 aliphatic rings. The monoisotopic (exact) mass is 147 g/mol. The minimum atomic E-state index is 0.356. The van der Waals surface area contributed by atoms with Gasteiger partial charge in [0, 0.05) is 11.4 Å². The maximum atomic E-state index is 8.37. The Kier molecular flexibility index (Phi) is 1.98. The topological polar surface area (TPSA) is 75.8 Å². The van der Waals surface area contributed by atoms with E-state index in [9.17, 15) is 0 Å². The Morgan fingerprint density at radius 3 is 2.18 bits per heavy atom. The molecule has 0 saturated heterocycles. The summed E-state index contributed by atoms with van der Waals surface area (Å²) in [5, 5.41) is 8.37. The SMILES string of the molecule is N#CCc1cc(N)cc(N)c1. The summed E-state index contributed by atoms with van der Waals surface area (Å²) < 4.78 is 0. The lowest BCUT2D eigenvalue weighted by Gasteiger charge is -1.99. The molecule has 56 valence electrons. The van der Waals surface area contributed by atoms with Crippen LogP contribution in [-0.2, 0) is 6.42 Å². The molecule has 0 fully saturated rings. The first kappa shape index (κ1) is 7.42. The standard InChI is InChI=1S/C8H9N3/c9-2-1-6-3-7(10)5-8(11)4-6/h3-5H,1,10-11H2. The minimum Gasteiger partial charge on any atom is -0.399 e. The van der Waals surface area contributed by atoms with Crippen LogP contribution in [0.15, 0.2) is 18.2 Å². The highest BCUT2D eigenvalue weighted by Crippen LogP contribution is 2.13. The fourth-order valence-electron chi connectivity index (χ4n) is 0.939. The highest BCUT2D eigenvalue weighted by molar-refractivity contribution is 5.54. The molecule has 0 aliphatic heterocycles. The zero-order valence-corrected chi connectivity index (χ0v) is 6.04. The van der Waals surface area contributed by atoms with E-state index in [0.29, 0.717) is 17.8 Å². The second-order valence-electron chi connectivity index (χ2n) is 2.34. The van der Waals surface area contributed by atoms with E-state index >= 15 is 0 Å². The molecule has 0 amide bonds. The molecule has 0 bridgehead atoms. The fraction of sp³-hybridized carbons (Fsp3) is 0.125. The van der Waals surface area contributed by atoms with E-state index in [-0.39, 0.29) is 0 Å². The Balaban J connectivity index is 3.01. The zero-order valence-electron chi connectivity index (χ0n) is 6.04. The fourth-order valence-corrected chi connectivity index (χ4v) is 0.939. The van der Waals surface area contributed by atoms with Gasteiger partial charge in [0.1, 0.15) is 0 Å². The van der Waals surface area contributed by atoms with Crippen molar-refractivity contribution in [1.29, 1.82) is 5.26 Å². The Hall–Kier alpha value is -1.69. The average Bonchev–Trinajstić information content (AvgIpc) is 1.85. The van der Waals surface area contributed by atoms with Gasteiger partial charge >= 0.3 is 0 Å². The van der Waals surface area contributed by atoms with Gasteiger partial charge in [-0.25, -0.2) is 0 Å². The van der Waals surface area contributed by atoms with Crippen molar-refractivity contribution >= 4 is 11.4 Å². The van der Waals surface area contributed by atoms with Crippen LogP contribution < -0.4 is 11.5 Å². The van der Waals surface area contributed by atoms with Crippen LogP contribution in [0, 0.1) is 11.3 Å². The van der Waals surface area contributed by atoms with E-state index in [2.05, 4.69) is 0 Å². The van der Waals surface area contributed by atoms with Gasteiger partial charge in [-0.15, -0.1) is 0 Å². The van der Waals surface area contributed by atoms with Crippen molar-refractivity contribution in [2.75, 3.05) is 11.5 Å². The molecule has 0 aromatic heterocycles. The van der Waals surface area contributed by atoms with Crippen molar-refractivity contribution in [3.63, 3.8) is 0 Å². The molecule has 0 atom stereocenters. The molecule has 1 aromatic carbocycles. The van der Waals surface area contributed by atoms with Crippen molar-refractivity contribution in [3.05, 3.63) is 23.8 Å². The number of nitrogens with two attached hydrogens (primary N) is 2. The van der Waals surface area contributed by atoms with Gasteiger partial charge in [0.25, 0.3) is 0 Å². The minimum absolute atomic E-state index is 0.356. The maximum Gasteiger partial charge on any atom is 0.0669 e. The lowest BCUT2D eigenvalue weighted by Crippen LogP contribution is -1.92. The molecular formula is C8H9N3. The normalized spacial score (nSPS) is 9.00. The van der Waals surface area contributed by atoms with Crippen molar-refractivity contribution in [1.82, 2.24) is 0 Å². The molecule has 1 rings (SSSR count). The van der Waals surface area contributed by atoms with E-state index in [1.54, 1.807) is 18.2 Å². The van der Waals surface area contributed by atoms with Crippen molar-refractivity contribution in [3.8, 4) is 6.07 Å². The molecule has 3 heteroatoms. The van der Waals surface area contributed by atoms with Gasteiger partial charge < -0.3 is 11.5 Å². The van der Waals surface area contributed by atoms with E-state index in [0.717, 1.165) is 5.56 Å². The predicted molar refractivity (Wildman–Crippen MR) is 44.6 cm³/mol. The number of nitrogen functional groups attached to an aromatic ring is 2. The second kappa shape index (κ2) is 2.93. The number of anilines is 2. The molecule has 0 aliphatic carbocycles. The van der Waals surface area contributed by atoms with Crippen LogP contribution in [0.2, 0.25) is 0 Å². The largest absolute Gasteiger partial charge is 0.399 e. The number of hydrogen-bond acceptors (Lipinski definition) is 3. The lowest BCUT2D eigenvalue weighted by atomic mass is 10.1. The summed E-state index contributed by atoms with van der Waals surface area (Å²) in [6.07, 6.45) is 0.356. The maximum absolute atomic E-state index is 8.37. The molecule has 0 unspecified atom stereocenters. The third-order valence-corrected chi connectivity index (χ3v) is 1.32. The van der Waals surface area contributed by atoms with Crippen LogP contribution in [-0.4, -0.2) is 0 Å². The summed E-state index contributed by atoms with van der Waals surface area (Å²) in [6.45, 7) is 0. The Bertz CT molecular complexity index is 278. The summed E-state index contributed by atoms with van der Waals surface area (Å²) >= 11 is 0. The second-order valence-corrected chi connectivity index (χ2v) is 2.34. The van der Waals surface area contributed by atoms with Crippen molar-refractivity contribution < 1.29 is 0 Å². The predicted octanol–water partition coefficient (Wildman–Crippen LogP) is 0.917. The summed E-state index contributed by atoms with van der Waals surface area (Å²) in [7, 11) is 0. The molecule has 0 saturated carbocycles. The highest BCUT2D eigenvalue weighted by Gasteiger charge is 1.94. The average molecular weight is 147 g/mol. The van der Waals surface area contributed by atoms with Crippen LogP contribution in [0.25, 0.3) is 0 Å². The highest BCUT2D eigenvalue weighted by atomic mass is 14.6. The summed E-state index contributed by atoms with van der Waals surface area (Å²) in [4.78, 5) is 0. The van der Waals surface area contributed by atoms with E-state index in [4.69, 9.17) is 16.7 Å². The third-order valence-electron chi connectivity index (χ3n) is 1.32. The van der Waals surface area contributed by atoms with Crippen LogP contribution in [0.3, 0.4) is 0 Å². The lowest BCUT2D eigenvalue weighted by molar-refractivity contribution is 1.27. The number of rotatable bonds is 1. The van der Waals surface area contributed by atoms with E-state index < -0.39 is 0 Å². The van der Waals surface area contributed by atoms with Gasteiger partial charge in [0.05, 0.1) is 12.5 Å². The Morgan fingerprint density at radius 1 is 1.18 bits per heavy atom. The van der Waals surface area contributed by atoms with Crippen LogP contribution in [0.4, 0.5) is 11.4 Å². The van der Waals surface area contributed by atoms with Gasteiger partial charge in [-0.2, -0.15) is 5.26 Å². The van der Waals surface area contributed by atoms with E-state index in [1.165, 1.54) is 0 Å². The Labute approximate surface area is 65.2 Å². The van der Waals surface area contributed by atoms with Crippen molar-refractivity contribution in [2.45, 2.75) is 6.42 Å². The molecule has 11 heavy (non-hydrogen) atoms. The molecule has 0 heterocycles. The first-order valence-corrected chi connectivity index (χ1v) is 3.24. The van der Waals surface area contributed by atoms with Gasteiger partial charge in [-0.1, -0.05) is 0 Å². The van der Waals surface area contributed by atoms with Gasteiger partial charge in [0.2, 0.25) is 0 Å². The molecule has 0 spiro atoms. The van der Waals surface area contributed by atoms with Crippen LogP contribution in [0.5, 0.6) is 0 Å². The smallest absolute Gasteiger partial charge is 0.0669 e. The van der Waals surface area contributed by atoms with E-state index in [1.807, 2.05) is 6.07 Å². The zero-order chi connectivity index (χ0) is 8.27. The summed E-state index contributed by atoms with van der Waals surface area (Å²) in [5.41, 5.74) is 13.1. The van der Waals surface area contributed by atoms with Gasteiger partial charge in [0.15, 0.2) is 0 Å². The summed E-state index contributed by atoms with van der Waals surface area (Å²) in [6, 6.07) is 7.19. The van der Waals surface area contributed by atoms with Crippen molar-refractivity contribution in [2.24, 2.45) is 0 Å². The summed E-state index contributed by atoms with van der Waals surface area (Å²) in [5.74, 6) is 0. The van der Waals surface area contributed by atoms with Crippen LogP contribution in [0.1, 0.15) is 5.56 Å². The number of benzene rings is 1. The quantitative estimate of drug-likeness (QED) is 0.580. The first-order chi connectivity index (χ1) is 5.22. The Morgan fingerprint density at radius 2 is 1.73 bits per heavy atom. The number of nitriles is 1. The molecular weight excluding hydrogens is 138 g/mol. The molecule has 3 nitrogen and oxygen atoms in total. The first-order valence-electron chi connectivity index (χ1n) is 3.24. The molecule has 0 radical (unpaired) electrons. The van der Waals surface area contributed by atoms with Gasteiger partial charge in [-0.05, 0) is 23.8 Å². The van der Waals surface area contributed by atoms with Crippen LogP contribution >= 0.6 is 0 Å². The molecule has 4 N–H and O–H groups in total. The number of nitrogens with zero attached hydrogens (tertiary/aromatic N) is 1. The third kappa shape index (κ3) is 1.87. The molecule has 1 aromatic rings. The number of hydrogen-bond donors (Lipinski definition) is 2. The van der Waals surface area contributed by atoms with Gasteiger partial charge in [-0.3, -0.25) is 0 Å².